The van der Waals surface area contributed by atoms with Gasteiger partial charge in [-0.05, 0) is 29.7 Å². The zero-order valence-corrected chi connectivity index (χ0v) is 22.5. The third-order valence-corrected chi connectivity index (χ3v) is 6.52. The molecule has 3 nitrogen and oxygen atoms in total. The van der Waals surface area contributed by atoms with Crippen molar-refractivity contribution in [1.29, 1.82) is 0 Å². The molecule has 0 aliphatic carbocycles. The minimum atomic E-state index is 0. The highest BCUT2D eigenvalue weighted by atomic mass is 79.9. The molecule has 0 N–H and O–H groups in total. The molecule has 33 heavy (non-hydrogen) atoms. The zero-order valence-electron chi connectivity index (χ0n) is 18.4. The molecule has 0 saturated heterocycles. The predicted octanol–water partition coefficient (Wildman–Crippen LogP) is 7.23. The minimum absolute atomic E-state index is 0. The van der Waals surface area contributed by atoms with E-state index in [-0.39, 0.29) is 29.3 Å². The number of halogens is 2. The number of Topliss-reactive ketones (excluding diaryl/α,β-unsaturated/α-hetero) is 1. The van der Waals surface area contributed by atoms with Gasteiger partial charge in [0.15, 0.2) is 11.0 Å². The lowest BCUT2D eigenvalue weighted by molar-refractivity contribution is 0.100. The van der Waals surface area contributed by atoms with E-state index in [1.54, 1.807) is 11.8 Å². The Bertz CT molecular complexity index is 1030. The molecule has 0 atom stereocenters. The molecule has 0 fully saturated rings. The first-order chi connectivity index (χ1) is 15.7. The van der Waals surface area contributed by atoms with E-state index in [9.17, 15) is 4.79 Å². The van der Waals surface area contributed by atoms with Crippen molar-refractivity contribution in [3.63, 3.8) is 0 Å². The topological polar surface area (TPSA) is 32.7 Å². The third kappa shape index (κ3) is 9.32. The maximum atomic E-state index is 12.7. The maximum Gasteiger partial charge on any atom is 0.184 e. The Morgan fingerprint density at radius 3 is 2.15 bits per heavy atom. The molecule has 3 aromatic rings. The molecule has 0 bridgehead atoms. The standard InChI is InChI=1S/C27H27BrN2OS.BrH/c1-2-18-30(19-17-22-9-5-3-6-10-22)27(32-21-23-11-7-4-8-12-23)29-20-26(31)24-13-15-25(28)16-14-24;/h2-16H,1,17-21H2;1H. The van der Waals surface area contributed by atoms with Crippen molar-refractivity contribution in [3.8, 4) is 0 Å². The van der Waals surface area contributed by atoms with Gasteiger partial charge in [-0.15, -0.1) is 23.6 Å². The number of thioether (sulfide) groups is 1. The van der Waals surface area contributed by atoms with Gasteiger partial charge in [0.2, 0.25) is 0 Å². The molecule has 0 spiro atoms. The van der Waals surface area contributed by atoms with Crippen molar-refractivity contribution >= 4 is 55.6 Å². The summed E-state index contributed by atoms with van der Waals surface area (Å²) in [5, 5.41) is 0.871. The fourth-order valence-electron chi connectivity index (χ4n) is 3.16. The van der Waals surface area contributed by atoms with E-state index in [0.717, 1.165) is 28.4 Å². The molecule has 0 heterocycles. The summed E-state index contributed by atoms with van der Waals surface area (Å²) in [4.78, 5) is 19.7. The van der Waals surface area contributed by atoms with Crippen molar-refractivity contribution in [3.05, 3.63) is 119 Å². The Labute approximate surface area is 219 Å². The van der Waals surface area contributed by atoms with Crippen LogP contribution in [0.15, 0.2) is 107 Å². The summed E-state index contributed by atoms with van der Waals surface area (Å²) in [5.41, 5.74) is 3.18. The SMILES string of the molecule is Br.C=CCN(CCc1ccccc1)C(=NCC(=O)c1ccc(Br)cc1)SCc1ccccc1. The van der Waals surface area contributed by atoms with E-state index < -0.39 is 0 Å². The number of rotatable bonds is 10. The molecule has 0 radical (unpaired) electrons. The van der Waals surface area contributed by atoms with Crippen LogP contribution in [-0.4, -0.2) is 35.5 Å². The van der Waals surface area contributed by atoms with Crippen LogP contribution in [0.5, 0.6) is 0 Å². The number of nitrogens with zero attached hydrogens (tertiary/aromatic N) is 2. The highest BCUT2D eigenvalue weighted by Crippen LogP contribution is 2.18. The van der Waals surface area contributed by atoms with Crippen molar-refractivity contribution in [2.24, 2.45) is 4.99 Å². The largest absolute Gasteiger partial charge is 0.347 e. The smallest absolute Gasteiger partial charge is 0.184 e. The zero-order chi connectivity index (χ0) is 22.6. The fourth-order valence-corrected chi connectivity index (χ4v) is 4.41. The Hall–Kier alpha value is -2.15. The van der Waals surface area contributed by atoms with Crippen LogP contribution in [0.25, 0.3) is 0 Å². The molecule has 0 aliphatic heterocycles. The van der Waals surface area contributed by atoms with E-state index in [4.69, 9.17) is 4.99 Å². The summed E-state index contributed by atoms with van der Waals surface area (Å²) in [7, 11) is 0. The lowest BCUT2D eigenvalue weighted by atomic mass is 10.1. The number of benzene rings is 3. The van der Waals surface area contributed by atoms with Crippen LogP contribution in [-0.2, 0) is 12.2 Å². The van der Waals surface area contributed by atoms with Gasteiger partial charge in [-0.3, -0.25) is 9.79 Å². The van der Waals surface area contributed by atoms with Gasteiger partial charge in [0, 0.05) is 28.9 Å². The normalized spacial score (nSPS) is 10.9. The molecule has 0 saturated carbocycles. The first kappa shape index (κ1) is 27.1. The molecule has 0 amide bonds. The lowest BCUT2D eigenvalue weighted by Gasteiger charge is -2.24. The Balaban J connectivity index is 0.00000385. The predicted molar refractivity (Wildman–Crippen MR) is 151 cm³/mol. The van der Waals surface area contributed by atoms with E-state index in [1.807, 2.05) is 54.6 Å². The van der Waals surface area contributed by atoms with Gasteiger partial charge in [-0.2, -0.15) is 0 Å². The van der Waals surface area contributed by atoms with Gasteiger partial charge < -0.3 is 4.90 Å². The lowest BCUT2D eigenvalue weighted by Crippen LogP contribution is -2.32. The van der Waals surface area contributed by atoms with Crippen LogP contribution in [0.1, 0.15) is 21.5 Å². The highest BCUT2D eigenvalue weighted by molar-refractivity contribution is 9.10. The minimum Gasteiger partial charge on any atom is -0.347 e. The number of amidine groups is 1. The van der Waals surface area contributed by atoms with Gasteiger partial charge in [0.1, 0.15) is 6.54 Å². The second-order valence-electron chi connectivity index (χ2n) is 7.27. The number of aliphatic imine (C=N–C) groups is 1. The average molecular weight is 588 g/mol. The first-order valence-electron chi connectivity index (χ1n) is 10.6. The molecule has 0 unspecified atom stereocenters. The number of carbonyl (C=O) groups is 1. The molecule has 0 aliphatic rings. The maximum absolute atomic E-state index is 12.7. The van der Waals surface area contributed by atoms with E-state index in [1.165, 1.54) is 11.1 Å². The highest BCUT2D eigenvalue weighted by Gasteiger charge is 2.13. The summed E-state index contributed by atoms with van der Waals surface area (Å²) < 4.78 is 0.953. The third-order valence-electron chi connectivity index (χ3n) is 4.87. The Morgan fingerprint density at radius 1 is 0.939 bits per heavy atom. The second kappa shape index (κ2) is 14.9. The Morgan fingerprint density at radius 2 is 1.55 bits per heavy atom. The molecule has 3 aromatic carbocycles. The number of ketones is 1. The quantitative estimate of drug-likeness (QED) is 0.109. The van der Waals surface area contributed by atoms with Gasteiger partial charge in [-0.25, -0.2) is 0 Å². The van der Waals surface area contributed by atoms with Crippen molar-refractivity contribution in [2.45, 2.75) is 12.2 Å². The molecular weight excluding hydrogens is 560 g/mol. The van der Waals surface area contributed by atoms with Gasteiger partial charge in [0.05, 0.1) is 0 Å². The van der Waals surface area contributed by atoms with Gasteiger partial charge >= 0.3 is 0 Å². The van der Waals surface area contributed by atoms with Gasteiger partial charge in [-0.1, -0.05) is 107 Å². The molecule has 0 aromatic heterocycles. The number of hydrogen-bond donors (Lipinski definition) is 0. The summed E-state index contributed by atoms with van der Waals surface area (Å²) >= 11 is 5.08. The molecule has 172 valence electrons. The van der Waals surface area contributed by atoms with Crippen molar-refractivity contribution < 1.29 is 4.79 Å². The fraction of sp³-hybridized carbons (Fsp3) is 0.185. The van der Waals surface area contributed by atoms with Gasteiger partial charge in [0.25, 0.3) is 0 Å². The molecule has 6 heteroatoms. The first-order valence-corrected chi connectivity index (χ1v) is 12.3. The summed E-state index contributed by atoms with van der Waals surface area (Å²) in [6, 6.07) is 28.2. The van der Waals surface area contributed by atoms with E-state index >= 15 is 0 Å². The number of carbonyl (C=O) groups excluding carboxylic acids is 1. The summed E-state index contributed by atoms with van der Waals surface area (Å²) in [6.07, 6.45) is 2.79. The second-order valence-corrected chi connectivity index (χ2v) is 9.13. The van der Waals surface area contributed by atoms with Crippen molar-refractivity contribution in [1.82, 2.24) is 4.90 Å². The monoisotopic (exact) mass is 586 g/mol. The summed E-state index contributed by atoms with van der Waals surface area (Å²) in [5.74, 6) is 0.808. The average Bonchev–Trinajstić information content (AvgIpc) is 2.83. The van der Waals surface area contributed by atoms with E-state index in [2.05, 4.69) is 63.8 Å². The number of hydrogen-bond acceptors (Lipinski definition) is 3. The van der Waals surface area contributed by atoms with Crippen LogP contribution < -0.4 is 0 Å². The van der Waals surface area contributed by atoms with Crippen molar-refractivity contribution in [2.75, 3.05) is 19.6 Å². The molecular formula is C27H28Br2N2OS. The van der Waals surface area contributed by atoms with Crippen LogP contribution >= 0.6 is 44.7 Å². The molecule has 3 rings (SSSR count). The van der Waals surface area contributed by atoms with E-state index in [0.29, 0.717) is 12.1 Å². The summed E-state index contributed by atoms with van der Waals surface area (Å²) in [6.45, 7) is 5.54. The van der Waals surface area contributed by atoms with Crippen LogP contribution in [0.4, 0.5) is 0 Å². The van der Waals surface area contributed by atoms with Crippen LogP contribution in [0.3, 0.4) is 0 Å². The Kier molecular flexibility index (Phi) is 12.2. The van der Waals surface area contributed by atoms with Crippen LogP contribution in [0.2, 0.25) is 0 Å². The van der Waals surface area contributed by atoms with Crippen LogP contribution in [0, 0.1) is 0 Å².